The number of thioether (sulfide) groups is 1. The van der Waals surface area contributed by atoms with Gasteiger partial charge in [0, 0.05) is 10.9 Å². The van der Waals surface area contributed by atoms with Crippen molar-refractivity contribution in [1.82, 2.24) is 4.98 Å². The number of carbonyl (C=O) groups is 1. The molecule has 1 aromatic heterocycles. The van der Waals surface area contributed by atoms with Gasteiger partial charge < -0.3 is 0 Å². The quantitative estimate of drug-likeness (QED) is 0.513. The fraction of sp³-hybridized carbons (Fsp3) is 0.150. The lowest BCUT2D eigenvalue weighted by molar-refractivity contribution is 0.102. The zero-order chi connectivity index (χ0) is 17.1. The van der Waals surface area contributed by atoms with Crippen LogP contribution in [0.5, 0.6) is 0 Å². The van der Waals surface area contributed by atoms with Crippen molar-refractivity contribution in [1.29, 1.82) is 5.26 Å². The van der Waals surface area contributed by atoms with Crippen molar-refractivity contribution in [3.63, 3.8) is 0 Å². The molecule has 0 aliphatic rings. The third-order valence-electron chi connectivity index (χ3n) is 3.77. The number of fused-ring (bicyclic) bond motifs is 1. The molecule has 0 fully saturated rings. The van der Waals surface area contributed by atoms with Gasteiger partial charge in [-0.2, -0.15) is 5.26 Å². The van der Waals surface area contributed by atoms with E-state index in [1.54, 1.807) is 12.1 Å². The molecule has 0 saturated heterocycles. The van der Waals surface area contributed by atoms with Gasteiger partial charge in [-0.3, -0.25) is 4.79 Å². The first-order chi connectivity index (χ1) is 11.6. The van der Waals surface area contributed by atoms with Crippen molar-refractivity contribution in [3.05, 3.63) is 70.8 Å². The highest BCUT2D eigenvalue weighted by Crippen LogP contribution is 2.27. The van der Waals surface area contributed by atoms with Gasteiger partial charge >= 0.3 is 0 Å². The average Bonchev–Trinajstić information content (AvgIpc) is 2.59. The van der Waals surface area contributed by atoms with E-state index in [1.807, 2.05) is 44.2 Å². The van der Waals surface area contributed by atoms with Crippen molar-refractivity contribution < 1.29 is 4.79 Å². The molecule has 0 spiro atoms. The number of hydrogen-bond donors (Lipinski definition) is 0. The van der Waals surface area contributed by atoms with Crippen LogP contribution < -0.4 is 0 Å². The number of nitrogens with zero attached hydrogens (tertiary/aromatic N) is 2. The monoisotopic (exact) mass is 332 g/mol. The number of benzene rings is 2. The van der Waals surface area contributed by atoms with E-state index in [9.17, 15) is 10.1 Å². The minimum atomic E-state index is 0.0343. The summed E-state index contributed by atoms with van der Waals surface area (Å²) in [6.07, 6.45) is 0. The van der Waals surface area contributed by atoms with Gasteiger partial charge in [-0.1, -0.05) is 53.7 Å². The lowest BCUT2D eigenvalue weighted by Gasteiger charge is -2.08. The van der Waals surface area contributed by atoms with E-state index < -0.39 is 0 Å². The van der Waals surface area contributed by atoms with Gasteiger partial charge in [-0.25, -0.2) is 4.98 Å². The van der Waals surface area contributed by atoms with Crippen LogP contribution in [0, 0.1) is 25.2 Å². The molecule has 3 aromatic rings. The molecule has 0 N–H and O–H groups in total. The molecule has 0 saturated carbocycles. The van der Waals surface area contributed by atoms with Crippen molar-refractivity contribution in [3.8, 4) is 6.07 Å². The van der Waals surface area contributed by atoms with Crippen molar-refractivity contribution in [2.75, 3.05) is 5.75 Å². The summed E-state index contributed by atoms with van der Waals surface area (Å²) in [7, 11) is 0. The first-order valence-electron chi connectivity index (χ1n) is 7.61. The Morgan fingerprint density at radius 3 is 2.62 bits per heavy atom. The molecule has 0 aliphatic heterocycles. The second kappa shape index (κ2) is 6.86. The third-order valence-corrected chi connectivity index (χ3v) is 4.77. The Hall–Kier alpha value is -2.64. The van der Waals surface area contributed by atoms with Crippen molar-refractivity contribution >= 4 is 28.4 Å². The minimum Gasteiger partial charge on any atom is -0.293 e. The van der Waals surface area contributed by atoms with Crippen molar-refractivity contribution in [2.24, 2.45) is 0 Å². The molecule has 4 heteroatoms. The summed E-state index contributed by atoms with van der Waals surface area (Å²) in [6.45, 7) is 4.04. The van der Waals surface area contributed by atoms with E-state index in [0.717, 1.165) is 22.0 Å². The molecular formula is C20H16N2OS. The van der Waals surface area contributed by atoms with E-state index in [0.29, 0.717) is 16.2 Å². The summed E-state index contributed by atoms with van der Waals surface area (Å²) in [6, 6.07) is 17.3. The smallest absolute Gasteiger partial charge is 0.173 e. The molecular weight excluding hydrogens is 316 g/mol. The van der Waals surface area contributed by atoms with Crippen LogP contribution in [0.4, 0.5) is 0 Å². The average molecular weight is 332 g/mol. The zero-order valence-corrected chi connectivity index (χ0v) is 14.4. The number of aryl methyl sites for hydroxylation is 2. The summed E-state index contributed by atoms with van der Waals surface area (Å²) >= 11 is 1.32. The Kier molecular flexibility index (Phi) is 4.64. The van der Waals surface area contributed by atoms with Crippen LogP contribution >= 0.6 is 11.8 Å². The Labute approximate surface area is 145 Å². The van der Waals surface area contributed by atoms with Gasteiger partial charge in [0.15, 0.2) is 5.78 Å². The first kappa shape index (κ1) is 16.2. The number of nitriles is 1. The van der Waals surface area contributed by atoms with Crippen molar-refractivity contribution in [2.45, 2.75) is 18.9 Å². The summed E-state index contributed by atoms with van der Waals surface area (Å²) in [5, 5.41) is 11.0. The molecule has 0 bridgehead atoms. The van der Waals surface area contributed by atoms with Gasteiger partial charge in [0.05, 0.1) is 16.8 Å². The predicted molar refractivity (Wildman–Crippen MR) is 97.4 cm³/mol. The van der Waals surface area contributed by atoms with Crippen LogP contribution in [-0.2, 0) is 0 Å². The number of ketones is 1. The number of aromatic nitrogens is 1. The van der Waals surface area contributed by atoms with Crippen LogP contribution in [0.1, 0.15) is 27.0 Å². The normalized spacial score (nSPS) is 10.5. The molecule has 0 unspecified atom stereocenters. The highest BCUT2D eigenvalue weighted by molar-refractivity contribution is 8.00. The molecule has 0 aliphatic carbocycles. The second-order valence-corrected chi connectivity index (χ2v) is 6.65. The number of pyridine rings is 1. The molecule has 1 heterocycles. The maximum atomic E-state index is 12.3. The Balaban J connectivity index is 1.91. The fourth-order valence-electron chi connectivity index (χ4n) is 2.67. The summed E-state index contributed by atoms with van der Waals surface area (Å²) < 4.78 is 0. The van der Waals surface area contributed by atoms with E-state index >= 15 is 0 Å². The summed E-state index contributed by atoms with van der Waals surface area (Å²) in [5.74, 6) is 0.300. The summed E-state index contributed by atoms with van der Waals surface area (Å²) in [5.41, 5.74) is 4.29. The predicted octanol–water partition coefficient (Wildman–Crippen LogP) is 4.70. The van der Waals surface area contributed by atoms with Crippen LogP contribution in [0.3, 0.4) is 0 Å². The van der Waals surface area contributed by atoms with E-state index in [2.05, 4.69) is 17.1 Å². The lowest BCUT2D eigenvalue weighted by Crippen LogP contribution is -2.03. The van der Waals surface area contributed by atoms with E-state index in [1.165, 1.54) is 11.8 Å². The Morgan fingerprint density at radius 2 is 1.92 bits per heavy atom. The van der Waals surface area contributed by atoms with Gasteiger partial charge in [-0.05, 0) is 31.5 Å². The number of carbonyl (C=O) groups excluding carboxylic acids is 1. The standard InChI is InChI=1S/C20H16N2OS/c1-13-8-14(2)19-16(9-13)10-17(11-21)20(22-19)24-12-18(23)15-6-4-3-5-7-15/h3-10H,12H2,1-2H3. The van der Waals surface area contributed by atoms with E-state index in [-0.39, 0.29) is 11.5 Å². The molecule has 0 amide bonds. The van der Waals surface area contributed by atoms with Crippen LogP contribution in [0.2, 0.25) is 0 Å². The van der Waals surface area contributed by atoms with Gasteiger partial charge in [0.2, 0.25) is 0 Å². The molecule has 0 radical (unpaired) electrons. The Bertz CT molecular complexity index is 959. The largest absolute Gasteiger partial charge is 0.293 e. The van der Waals surface area contributed by atoms with Gasteiger partial charge in [0.25, 0.3) is 0 Å². The number of hydrogen-bond acceptors (Lipinski definition) is 4. The number of rotatable bonds is 4. The lowest BCUT2D eigenvalue weighted by atomic mass is 10.1. The minimum absolute atomic E-state index is 0.0343. The maximum absolute atomic E-state index is 12.3. The molecule has 0 atom stereocenters. The highest BCUT2D eigenvalue weighted by Gasteiger charge is 2.12. The second-order valence-electron chi connectivity index (χ2n) is 5.68. The SMILES string of the molecule is Cc1cc(C)c2nc(SCC(=O)c3ccccc3)c(C#N)cc2c1. The topological polar surface area (TPSA) is 53.8 Å². The molecule has 3 rings (SSSR count). The zero-order valence-electron chi connectivity index (χ0n) is 13.5. The summed E-state index contributed by atoms with van der Waals surface area (Å²) in [4.78, 5) is 16.9. The molecule has 2 aromatic carbocycles. The van der Waals surface area contributed by atoms with E-state index in [4.69, 9.17) is 0 Å². The third kappa shape index (κ3) is 3.32. The van der Waals surface area contributed by atoms with Crippen LogP contribution in [-0.4, -0.2) is 16.5 Å². The molecule has 118 valence electrons. The first-order valence-corrected chi connectivity index (χ1v) is 8.60. The molecule has 24 heavy (non-hydrogen) atoms. The Morgan fingerprint density at radius 1 is 1.17 bits per heavy atom. The van der Waals surface area contributed by atoms with Gasteiger partial charge in [0.1, 0.15) is 11.1 Å². The fourth-order valence-corrected chi connectivity index (χ4v) is 3.52. The molecule has 3 nitrogen and oxygen atoms in total. The number of Topliss-reactive ketones (excluding diaryl/α,β-unsaturated/α-hetero) is 1. The maximum Gasteiger partial charge on any atom is 0.173 e. The van der Waals surface area contributed by atoms with Crippen LogP contribution in [0.25, 0.3) is 10.9 Å². The highest BCUT2D eigenvalue weighted by atomic mass is 32.2. The van der Waals surface area contributed by atoms with Crippen LogP contribution in [0.15, 0.2) is 53.6 Å². The van der Waals surface area contributed by atoms with Gasteiger partial charge in [-0.15, -0.1) is 0 Å².